The van der Waals surface area contributed by atoms with Crippen molar-refractivity contribution in [2.75, 3.05) is 6.54 Å². The molecule has 1 heterocycles. The van der Waals surface area contributed by atoms with Gasteiger partial charge in [0.1, 0.15) is 5.54 Å². The molecular weight excluding hydrogens is 318 g/mol. The summed E-state index contributed by atoms with van der Waals surface area (Å²) < 4.78 is 0. The Labute approximate surface area is 148 Å². The molecule has 0 aromatic heterocycles. The zero-order valence-electron chi connectivity index (χ0n) is 14.6. The Morgan fingerprint density at radius 1 is 1.24 bits per heavy atom. The molecule has 3 rings (SSSR count). The van der Waals surface area contributed by atoms with E-state index in [2.05, 4.69) is 10.6 Å². The number of carbonyl (C=O) groups is 3. The van der Waals surface area contributed by atoms with Crippen LogP contribution in [0.4, 0.5) is 4.79 Å². The standard InChI is InChI=1S/C19H25N3O3/c1-14(15-8-3-2-4-9-15)20-16(23)10-7-13-22-17(24)19(21-18(22)25)11-5-6-12-19/h2-4,8-9,14H,5-7,10-13H2,1H3,(H,20,23)(H,21,25)/t14-/m1/s1. The number of amides is 4. The van der Waals surface area contributed by atoms with E-state index in [1.165, 1.54) is 4.90 Å². The van der Waals surface area contributed by atoms with Gasteiger partial charge in [-0.05, 0) is 31.7 Å². The van der Waals surface area contributed by atoms with E-state index in [1.807, 2.05) is 37.3 Å². The van der Waals surface area contributed by atoms with Crippen LogP contribution in [-0.4, -0.2) is 34.8 Å². The summed E-state index contributed by atoms with van der Waals surface area (Å²) in [6, 6.07) is 9.38. The number of carbonyl (C=O) groups excluding carboxylic acids is 3. The van der Waals surface area contributed by atoms with Gasteiger partial charge < -0.3 is 10.6 Å². The SMILES string of the molecule is C[C@@H](NC(=O)CCCN1C(=O)NC2(CCCC2)C1=O)c1ccccc1. The van der Waals surface area contributed by atoms with E-state index < -0.39 is 5.54 Å². The molecule has 6 heteroatoms. The fraction of sp³-hybridized carbons (Fsp3) is 0.526. The third-order valence-corrected chi connectivity index (χ3v) is 5.17. The Morgan fingerprint density at radius 3 is 2.60 bits per heavy atom. The lowest BCUT2D eigenvalue weighted by atomic mass is 9.98. The molecule has 1 saturated carbocycles. The van der Waals surface area contributed by atoms with Crippen LogP contribution in [0.15, 0.2) is 30.3 Å². The minimum absolute atomic E-state index is 0.0628. The highest BCUT2D eigenvalue weighted by molar-refractivity contribution is 6.07. The van der Waals surface area contributed by atoms with Gasteiger partial charge in [0.15, 0.2) is 0 Å². The first-order chi connectivity index (χ1) is 12.0. The predicted octanol–water partition coefficient (Wildman–Crippen LogP) is 2.51. The van der Waals surface area contributed by atoms with Crippen LogP contribution in [0.3, 0.4) is 0 Å². The van der Waals surface area contributed by atoms with Crippen LogP contribution in [-0.2, 0) is 9.59 Å². The maximum Gasteiger partial charge on any atom is 0.325 e. The van der Waals surface area contributed by atoms with E-state index in [9.17, 15) is 14.4 Å². The molecule has 25 heavy (non-hydrogen) atoms. The average Bonchev–Trinajstić information content (AvgIpc) is 3.16. The number of urea groups is 1. The van der Waals surface area contributed by atoms with E-state index in [-0.39, 0.29) is 23.9 Å². The summed E-state index contributed by atoms with van der Waals surface area (Å²) in [4.78, 5) is 38.0. The van der Waals surface area contributed by atoms with Crippen LogP contribution in [0.25, 0.3) is 0 Å². The molecule has 1 atom stereocenters. The van der Waals surface area contributed by atoms with Gasteiger partial charge in [-0.1, -0.05) is 43.2 Å². The van der Waals surface area contributed by atoms with Gasteiger partial charge in [-0.2, -0.15) is 0 Å². The van der Waals surface area contributed by atoms with E-state index in [4.69, 9.17) is 0 Å². The molecule has 2 N–H and O–H groups in total. The first-order valence-electron chi connectivity index (χ1n) is 9.00. The van der Waals surface area contributed by atoms with Crippen molar-refractivity contribution in [3.05, 3.63) is 35.9 Å². The molecule has 4 amide bonds. The van der Waals surface area contributed by atoms with Gasteiger partial charge in [-0.15, -0.1) is 0 Å². The molecule has 2 aliphatic rings. The third-order valence-electron chi connectivity index (χ3n) is 5.17. The largest absolute Gasteiger partial charge is 0.350 e. The van der Waals surface area contributed by atoms with Crippen molar-refractivity contribution in [1.82, 2.24) is 15.5 Å². The summed E-state index contributed by atoms with van der Waals surface area (Å²) in [7, 11) is 0. The Balaban J connectivity index is 1.45. The lowest BCUT2D eigenvalue weighted by Crippen LogP contribution is -2.44. The number of hydrogen-bond acceptors (Lipinski definition) is 3. The van der Waals surface area contributed by atoms with Crippen molar-refractivity contribution < 1.29 is 14.4 Å². The summed E-state index contributed by atoms with van der Waals surface area (Å²) in [6.07, 6.45) is 4.16. The molecule has 2 fully saturated rings. The molecule has 0 radical (unpaired) electrons. The summed E-state index contributed by atoms with van der Waals surface area (Å²) in [5.41, 5.74) is 0.384. The second-order valence-corrected chi connectivity index (χ2v) is 6.98. The normalized spacial score (nSPS) is 20.0. The molecule has 1 spiro atoms. The molecule has 1 aromatic carbocycles. The van der Waals surface area contributed by atoms with Gasteiger partial charge in [0.05, 0.1) is 6.04 Å². The number of nitrogens with zero attached hydrogens (tertiary/aromatic N) is 1. The van der Waals surface area contributed by atoms with E-state index in [0.717, 1.165) is 31.2 Å². The Kier molecular flexibility index (Phi) is 5.06. The molecular formula is C19H25N3O3. The molecule has 1 saturated heterocycles. The summed E-state index contributed by atoms with van der Waals surface area (Å²) in [6.45, 7) is 2.23. The van der Waals surface area contributed by atoms with Crippen LogP contribution in [0.2, 0.25) is 0 Å². The van der Waals surface area contributed by atoms with Crippen LogP contribution in [0, 0.1) is 0 Å². The molecule has 1 aliphatic carbocycles. The fourth-order valence-electron chi connectivity index (χ4n) is 3.73. The van der Waals surface area contributed by atoms with Gasteiger partial charge in [0.2, 0.25) is 5.91 Å². The second-order valence-electron chi connectivity index (χ2n) is 6.98. The van der Waals surface area contributed by atoms with Crippen molar-refractivity contribution in [3.63, 3.8) is 0 Å². The van der Waals surface area contributed by atoms with Gasteiger partial charge in [-0.25, -0.2) is 4.79 Å². The van der Waals surface area contributed by atoms with Gasteiger partial charge in [0.25, 0.3) is 5.91 Å². The predicted molar refractivity (Wildman–Crippen MR) is 93.7 cm³/mol. The first-order valence-corrected chi connectivity index (χ1v) is 9.00. The number of rotatable bonds is 6. The summed E-state index contributed by atoms with van der Waals surface area (Å²) in [5, 5.41) is 5.81. The Bertz CT molecular complexity index is 653. The quantitative estimate of drug-likeness (QED) is 0.779. The minimum Gasteiger partial charge on any atom is -0.350 e. The van der Waals surface area contributed by atoms with Crippen LogP contribution < -0.4 is 10.6 Å². The first kappa shape index (κ1) is 17.5. The van der Waals surface area contributed by atoms with Crippen LogP contribution >= 0.6 is 0 Å². The van der Waals surface area contributed by atoms with E-state index >= 15 is 0 Å². The van der Waals surface area contributed by atoms with Gasteiger partial charge >= 0.3 is 6.03 Å². The second kappa shape index (κ2) is 7.25. The Morgan fingerprint density at radius 2 is 1.92 bits per heavy atom. The molecule has 0 bridgehead atoms. The lowest BCUT2D eigenvalue weighted by Gasteiger charge is -2.20. The molecule has 1 aromatic rings. The maximum atomic E-state index is 12.5. The van der Waals surface area contributed by atoms with Crippen molar-refractivity contribution in [2.24, 2.45) is 0 Å². The highest BCUT2D eigenvalue weighted by atomic mass is 16.2. The van der Waals surface area contributed by atoms with Gasteiger partial charge in [-0.3, -0.25) is 14.5 Å². The van der Waals surface area contributed by atoms with Crippen molar-refractivity contribution in [2.45, 2.75) is 57.0 Å². The Hall–Kier alpha value is -2.37. The highest BCUT2D eigenvalue weighted by Gasteiger charge is 2.51. The highest BCUT2D eigenvalue weighted by Crippen LogP contribution is 2.35. The number of nitrogens with one attached hydrogen (secondary N) is 2. The lowest BCUT2D eigenvalue weighted by molar-refractivity contribution is -0.131. The topological polar surface area (TPSA) is 78.5 Å². The van der Waals surface area contributed by atoms with Crippen molar-refractivity contribution in [1.29, 1.82) is 0 Å². The molecule has 0 unspecified atom stereocenters. The minimum atomic E-state index is -0.666. The summed E-state index contributed by atoms with van der Waals surface area (Å²) in [5.74, 6) is -0.188. The zero-order valence-corrected chi connectivity index (χ0v) is 14.6. The average molecular weight is 343 g/mol. The van der Waals surface area contributed by atoms with Crippen molar-refractivity contribution >= 4 is 17.8 Å². The monoisotopic (exact) mass is 343 g/mol. The summed E-state index contributed by atoms with van der Waals surface area (Å²) >= 11 is 0. The number of imide groups is 1. The maximum absolute atomic E-state index is 12.5. The van der Waals surface area contributed by atoms with Crippen LogP contribution in [0.1, 0.15) is 57.1 Å². The molecule has 6 nitrogen and oxygen atoms in total. The third kappa shape index (κ3) is 3.67. The number of benzene rings is 1. The smallest absolute Gasteiger partial charge is 0.325 e. The van der Waals surface area contributed by atoms with Crippen molar-refractivity contribution in [3.8, 4) is 0 Å². The number of hydrogen-bond donors (Lipinski definition) is 2. The fourth-order valence-corrected chi connectivity index (χ4v) is 3.73. The van der Waals surface area contributed by atoms with E-state index in [1.54, 1.807) is 0 Å². The van der Waals surface area contributed by atoms with Crippen LogP contribution in [0.5, 0.6) is 0 Å². The van der Waals surface area contributed by atoms with E-state index in [0.29, 0.717) is 19.4 Å². The molecule has 134 valence electrons. The van der Waals surface area contributed by atoms with Gasteiger partial charge in [0, 0.05) is 13.0 Å². The zero-order chi connectivity index (χ0) is 17.9. The molecule has 1 aliphatic heterocycles.